The molecular weight excluding hydrogens is 482 g/mol. The molecule has 0 heterocycles. The first-order chi connectivity index (χ1) is 11.9. The Bertz CT molecular complexity index is 533. The normalized spacial score (nSPS) is 27.2. The zero-order valence-corrected chi connectivity index (χ0v) is 21.1. The van der Waals surface area contributed by atoms with Crippen LogP contribution in [0.25, 0.3) is 0 Å². The molecule has 2 atom stereocenters. The van der Waals surface area contributed by atoms with E-state index < -0.39 is 0 Å². The van der Waals surface area contributed by atoms with Crippen LogP contribution in [0.5, 0.6) is 0 Å². The number of allylic oxidation sites excluding steroid dienone is 8. The van der Waals surface area contributed by atoms with Gasteiger partial charge in [0.05, 0.1) is 0 Å². The van der Waals surface area contributed by atoms with Gasteiger partial charge in [-0.2, -0.15) is 0 Å². The van der Waals surface area contributed by atoms with Gasteiger partial charge in [0.25, 0.3) is 0 Å². The van der Waals surface area contributed by atoms with E-state index in [4.69, 9.17) is 0 Å². The van der Waals surface area contributed by atoms with Crippen molar-refractivity contribution in [3.63, 3.8) is 0 Å². The zero-order valence-electron chi connectivity index (χ0n) is 15.4. The molecule has 0 aromatic heterocycles. The van der Waals surface area contributed by atoms with Crippen LogP contribution in [0.3, 0.4) is 0 Å². The van der Waals surface area contributed by atoms with Crippen molar-refractivity contribution in [3.05, 3.63) is 46.6 Å². The molecule has 4 rings (SSSR count). The van der Waals surface area contributed by atoms with Crippen molar-refractivity contribution in [1.82, 2.24) is 0 Å². The van der Waals surface area contributed by atoms with Crippen molar-refractivity contribution >= 4 is 12.4 Å². The summed E-state index contributed by atoms with van der Waals surface area (Å²) in [6.07, 6.45) is 21.5. The average molecular weight is 513 g/mol. The quantitative estimate of drug-likeness (QED) is 0.312. The van der Waals surface area contributed by atoms with Crippen LogP contribution in [0.2, 0.25) is 16.5 Å². The second-order valence-corrected chi connectivity index (χ2v) is 14.8. The summed E-state index contributed by atoms with van der Waals surface area (Å²) in [5.41, 5.74) is 7.23. The maximum absolute atomic E-state index is 2.57. The smallest absolute Gasteiger partial charge is 0.147 e. The molecule has 4 aliphatic carbocycles. The van der Waals surface area contributed by atoms with E-state index in [9.17, 15) is 0 Å². The van der Waals surface area contributed by atoms with Crippen LogP contribution in [0, 0.1) is 11.8 Å². The van der Waals surface area contributed by atoms with Crippen LogP contribution in [-0.2, 0) is 46.5 Å². The molecule has 0 saturated heterocycles. The molecule has 0 bridgehead atoms. The van der Waals surface area contributed by atoms with Crippen LogP contribution < -0.4 is 0 Å². The molecule has 2 unspecified atom stereocenters. The van der Waals surface area contributed by atoms with E-state index in [1.54, 1.807) is 27.7 Å². The Balaban J connectivity index is 0.00000182. The average Bonchev–Trinajstić information content (AvgIpc) is 3.22. The van der Waals surface area contributed by atoms with Gasteiger partial charge in [-0.05, 0) is 0 Å². The SMILES string of the molecule is C1=CC([CH2][Zr][CH2][CH2][Zr][CH2]C2C=CC3=C2CCCC3)C2=C1CCCC2.Cl. The maximum Gasteiger partial charge on any atom is -0.147 e. The van der Waals surface area contributed by atoms with Crippen LogP contribution in [0.1, 0.15) is 51.4 Å². The van der Waals surface area contributed by atoms with Crippen LogP contribution in [0.4, 0.5) is 0 Å². The minimum absolute atomic E-state index is 0. The maximum atomic E-state index is 2.57. The van der Waals surface area contributed by atoms with Crippen molar-refractivity contribution in [2.24, 2.45) is 11.8 Å². The first kappa shape index (κ1) is 20.7. The summed E-state index contributed by atoms with van der Waals surface area (Å²) < 4.78 is 6.59. The molecule has 0 fully saturated rings. The van der Waals surface area contributed by atoms with E-state index in [1.165, 1.54) is 51.4 Å². The zero-order chi connectivity index (χ0) is 16.2. The van der Waals surface area contributed by atoms with E-state index in [1.807, 2.05) is 11.1 Å². The standard InChI is InChI=1S/2C10H13.C2H4.ClH.2Zr/c2*1-8-6-7-9-4-2-3-5-10(8)9;1-2;;;/h2*6-8H,1-5H2;1-2H2;1H;;. The van der Waals surface area contributed by atoms with E-state index in [0.717, 1.165) is 11.8 Å². The molecule has 4 aliphatic rings. The minimum atomic E-state index is -0.0879. The topological polar surface area (TPSA) is 0 Å². The molecule has 0 aliphatic heterocycles. The van der Waals surface area contributed by atoms with Crippen LogP contribution in [0.15, 0.2) is 46.6 Å². The van der Waals surface area contributed by atoms with Gasteiger partial charge in [-0.25, -0.2) is 0 Å². The minimum Gasteiger partial charge on any atom is -0.147 e. The first-order valence-corrected chi connectivity index (χ1v) is 17.1. The van der Waals surface area contributed by atoms with Crippen molar-refractivity contribution in [2.45, 2.75) is 67.9 Å². The summed E-state index contributed by atoms with van der Waals surface area (Å²) in [6, 6.07) is 0. The van der Waals surface area contributed by atoms with Gasteiger partial charge < -0.3 is 0 Å². The second kappa shape index (κ2) is 10.5. The molecule has 0 amide bonds. The summed E-state index contributed by atoms with van der Waals surface area (Å²) in [6.45, 7) is 0. The van der Waals surface area contributed by atoms with Gasteiger partial charge in [-0.1, -0.05) is 0 Å². The Kier molecular flexibility index (Phi) is 8.74. The van der Waals surface area contributed by atoms with Gasteiger partial charge in [0.1, 0.15) is 0 Å². The van der Waals surface area contributed by atoms with E-state index >= 15 is 0 Å². The third-order valence-corrected chi connectivity index (χ3v) is 15.8. The van der Waals surface area contributed by atoms with Gasteiger partial charge in [0.15, 0.2) is 0 Å². The Morgan fingerprint density at radius 1 is 0.680 bits per heavy atom. The van der Waals surface area contributed by atoms with Gasteiger partial charge >= 0.3 is 173 Å². The molecule has 25 heavy (non-hydrogen) atoms. The molecule has 0 N–H and O–H groups in total. The Hall–Kier alpha value is 1.02. The number of rotatable bonds is 7. The van der Waals surface area contributed by atoms with Crippen LogP contribution in [-0.4, -0.2) is 0 Å². The molecule has 0 saturated carbocycles. The van der Waals surface area contributed by atoms with Crippen LogP contribution >= 0.6 is 12.4 Å². The molecule has 3 heteroatoms. The Morgan fingerprint density at radius 2 is 1.12 bits per heavy atom. The number of hydrogen-bond donors (Lipinski definition) is 0. The molecule has 0 nitrogen and oxygen atoms in total. The van der Waals surface area contributed by atoms with Gasteiger partial charge in [-0.15, -0.1) is 12.4 Å². The molecular formula is C22H31ClZr2. The monoisotopic (exact) mass is 510 g/mol. The summed E-state index contributed by atoms with van der Waals surface area (Å²) in [5, 5.41) is 0. The van der Waals surface area contributed by atoms with Gasteiger partial charge in [-0.3, -0.25) is 0 Å². The van der Waals surface area contributed by atoms with Crippen molar-refractivity contribution in [1.29, 1.82) is 0 Å². The largest absolute Gasteiger partial charge is 0.147 e. The van der Waals surface area contributed by atoms with E-state index in [2.05, 4.69) is 24.3 Å². The fourth-order valence-corrected chi connectivity index (χ4v) is 15.3. The van der Waals surface area contributed by atoms with Crippen molar-refractivity contribution in [2.75, 3.05) is 0 Å². The molecule has 0 spiro atoms. The Labute approximate surface area is 183 Å². The predicted octanol–water partition coefficient (Wildman–Crippen LogP) is 7.36. The first-order valence-electron chi connectivity index (χ1n) is 10.1. The summed E-state index contributed by atoms with van der Waals surface area (Å²) in [7, 11) is 0. The van der Waals surface area contributed by atoms with Crippen molar-refractivity contribution in [3.8, 4) is 0 Å². The Morgan fingerprint density at radius 3 is 1.60 bits per heavy atom. The molecule has 0 aromatic rings. The summed E-state index contributed by atoms with van der Waals surface area (Å²) >= 11 is -0.176. The fraction of sp³-hybridized carbons (Fsp3) is 0.636. The predicted molar refractivity (Wildman–Crippen MR) is 103 cm³/mol. The molecule has 0 radical (unpaired) electrons. The number of hydrogen-bond acceptors (Lipinski definition) is 0. The van der Waals surface area contributed by atoms with E-state index in [0.29, 0.717) is 0 Å². The molecule has 134 valence electrons. The second-order valence-electron chi connectivity index (χ2n) is 7.85. The van der Waals surface area contributed by atoms with Gasteiger partial charge in [0.2, 0.25) is 0 Å². The fourth-order valence-electron chi connectivity index (χ4n) is 4.90. The van der Waals surface area contributed by atoms with E-state index in [-0.39, 0.29) is 58.9 Å². The number of halogens is 1. The summed E-state index contributed by atoms with van der Waals surface area (Å²) in [4.78, 5) is 0. The van der Waals surface area contributed by atoms with Gasteiger partial charge in [0, 0.05) is 0 Å². The summed E-state index contributed by atoms with van der Waals surface area (Å²) in [5.74, 6) is 1.81. The third kappa shape index (κ3) is 5.30. The third-order valence-electron chi connectivity index (χ3n) is 6.27. The molecule has 0 aromatic carbocycles. The van der Waals surface area contributed by atoms with Crippen molar-refractivity contribution < 1.29 is 46.5 Å².